The molecule has 10 nitrogen and oxygen atoms in total. The van der Waals surface area contributed by atoms with Crippen molar-refractivity contribution in [2.24, 2.45) is 0 Å². The fourth-order valence-corrected chi connectivity index (χ4v) is 6.52. The number of nitrogens with zero attached hydrogens (tertiary/aromatic N) is 2. The molecule has 0 saturated carbocycles. The fourth-order valence-electron chi connectivity index (χ4n) is 5.15. The summed E-state index contributed by atoms with van der Waals surface area (Å²) in [6.45, 7) is 3.98. The van der Waals surface area contributed by atoms with Crippen molar-refractivity contribution < 1.29 is 19.1 Å². The standard InChI is InChI=1S/C35H34N6O4S2/c1-20-13-22(5-9-26(20)36-32(42)18-46-34-38-28-11-7-24(44-3)16-30(28)40-34)15-23-6-10-27(21(2)14-23)37-33(43)19-47-35-39-29-12-8-25(45-4)17-31(29)41-35/h5-14,16-17H,15,18-19H2,1-4H3,(H,36,42)(H,37,43)(H,38,40)(H,39,41). The topological polar surface area (TPSA) is 134 Å². The third kappa shape index (κ3) is 7.90. The molecule has 240 valence electrons. The highest BCUT2D eigenvalue weighted by Gasteiger charge is 2.12. The second-order valence-corrected chi connectivity index (χ2v) is 12.9. The quantitative estimate of drug-likeness (QED) is 0.101. The number of ether oxygens (including phenoxy) is 2. The number of carbonyl (C=O) groups excluding carboxylic acids is 2. The first-order valence-electron chi connectivity index (χ1n) is 14.9. The van der Waals surface area contributed by atoms with E-state index in [1.165, 1.54) is 23.5 Å². The molecule has 0 bridgehead atoms. The predicted molar refractivity (Wildman–Crippen MR) is 189 cm³/mol. The van der Waals surface area contributed by atoms with E-state index < -0.39 is 0 Å². The molecule has 0 aliphatic heterocycles. The molecule has 0 unspecified atom stereocenters. The zero-order valence-electron chi connectivity index (χ0n) is 26.4. The van der Waals surface area contributed by atoms with Crippen LogP contribution in [-0.4, -0.2) is 57.5 Å². The Bertz CT molecular complexity index is 1940. The first-order valence-corrected chi connectivity index (χ1v) is 16.9. The van der Waals surface area contributed by atoms with E-state index in [0.29, 0.717) is 10.3 Å². The Kier molecular flexibility index (Phi) is 9.69. The molecule has 0 radical (unpaired) electrons. The Morgan fingerprint density at radius 3 is 1.51 bits per heavy atom. The van der Waals surface area contributed by atoms with Gasteiger partial charge in [-0.3, -0.25) is 9.59 Å². The Labute approximate surface area is 280 Å². The second-order valence-electron chi connectivity index (χ2n) is 11.0. The van der Waals surface area contributed by atoms with Gasteiger partial charge in [-0.15, -0.1) is 0 Å². The summed E-state index contributed by atoms with van der Waals surface area (Å²) < 4.78 is 10.5. The fraction of sp³-hybridized carbons (Fsp3) is 0.200. The van der Waals surface area contributed by atoms with Gasteiger partial charge in [0.1, 0.15) is 11.5 Å². The van der Waals surface area contributed by atoms with E-state index in [4.69, 9.17) is 9.47 Å². The van der Waals surface area contributed by atoms with Crippen molar-refractivity contribution >= 4 is 68.8 Å². The van der Waals surface area contributed by atoms with Gasteiger partial charge in [-0.05, 0) is 78.9 Å². The van der Waals surface area contributed by atoms with Crippen LogP contribution in [0.15, 0.2) is 83.1 Å². The molecule has 6 rings (SSSR count). The Morgan fingerprint density at radius 1 is 0.660 bits per heavy atom. The van der Waals surface area contributed by atoms with Crippen molar-refractivity contribution in [1.29, 1.82) is 0 Å². The molecular weight excluding hydrogens is 633 g/mol. The lowest BCUT2D eigenvalue weighted by molar-refractivity contribution is -0.114. The lowest BCUT2D eigenvalue weighted by atomic mass is 10.00. The molecule has 2 aromatic heterocycles. The van der Waals surface area contributed by atoms with Crippen molar-refractivity contribution in [3.05, 3.63) is 95.1 Å². The number of rotatable bonds is 12. The minimum absolute atomic E-state index is 0.103. The van der Waals surface area contributed by atoms with Gasteiger partial charge < -0.3 is 30.1 Å². The largest absolute Gasteiger partial charge is 0.497 e. The Morgan fingerprint density at radius 2 is 1.11 bits per heavy atom. The molecule has 0 aliphatic rings. The van der Waals surface area contributed by atoms with E-state index in [1.807, 2.05) is 74.5 Å². The average molecular weight is 667 g/mol. The van der Waals surface area contributed by atoms with Gasteiger partial charge in [-0.25, -0.2) is 9.97 Å². The molecule has 12 heteroatoms. The van der Waals surface area contributed by atoms with Crippen LogP contribution >= 0.6 is 23.5 Å². The van der Waals surface area contributed by atoms with Crippen molar-refractivity contribution in [3.63, 3.8) is 0 Å². The van der Waals surface area contributed by atoms with Crippen LogP contribution in [0.3, 0.4) is 0 Å². The lowest BCUT2D eigenvalue weighted by Crippen LogP contribution is -2.15. The van der Waals surface area contributed by atoms with Crippen LogP contribution in [0, 0.1) is 13.8 Å². The van der Waals surface area contributed by atoms with Crippen LogP contribution < -0.4 is 20.1 Å². The number of methoxy groups -OCH3 is 2. The first kappa shape index (κ1) is 32.0. The predicted octanol–water partition coefficient (Wildman–Crippen LogP) is 7.13. The van der Waals surface area contributed by atoms with E-state index in [-0.39, 0.29) is 23.3 Å². The van der Waals surface area contributed by atoms with E-state index >= 15 is 0 Å². The number of hydrogen-bond donors (Lipinski definition) is 4. The molecule has 0 spiro atoms. The Balaban J connectivity index is 0.992. The maximum Gasteiger partial charge on any atom is 0.234 e. The van der Waals surface area contributed by atoms with E-state index in [9.17, 15) is 9.59 Å². The monoisotopic (exact) mass is 666 g/mol. The van der Waals surface area contributed by atoms with Gasteiger partial charge in [0.05, 0.1) is 47.8 Å². The van der Waals surface area contributed by atoms with Gasteiger partial charge in [-0.1, -0.05) is 47.8 Å². The number of thioether (sulfide) groups is 2. The first-order chi connectivity index (χ1) is 22.8. The summed E-state index contributed by atoms with van der Waals surface area (Å²) in [6, 6.07) is 23.4. The molecule has 4 aromatic carbocycles. The molecule has 2 heterocycles. The molecule has 4 N–H and O–H groups in total. The summed E-state index contributed by atoms with van der Waals surface area (Å²) >= 11 is 2.70. The number of imidazole rings is 2. The van der Waals surface area contributed by atoms with Crippen molar-refractivity contribution in [2.45, 2.75) is 30.6 Å². The lowest BCUT2D eigenvalue weighted by Gasteiger charge is -2.12. The zero-order valence-corrected chi connectivity index (χ0v) is 28.0. The maximum absolute atomic E-state index is 12.7. The number of aromatic amines is 2. The van der Waals surface area contributed by atoms with Gasteiger partial charge in [0.2, 0.25) is 11.8 Å². The van der Waals surface area contributed by atoms with Crippen molar-refractivity contribution in [3.8, 4) is 11.5 Å². The van der Waals surface area contributed by atoms with Crippen molar-refractivity contribution in [2.75, 3.05) is 36.4 Å². The molecule has 0 aliphatic carbocycles. The number of amides is 2. The molecule has 6 aromatic rings. The number of nitrogens with one attached hydrogen (secondary N) is 4. The molecular formula is C35H34N6O4S2. The molecule has 0 fully saturated rings. The summed E-state index contributed by atoms with van der Waals surface area (Å²) in [6.07, 6.45) is 0.726. The van der Waals surface area contributed by atoms with Gasteiger partial charge in [0.15, 0.2) is 10.3 Å². The van der Waals surface area contributed by atoms with Crippen LogP contribution in [0.25, 0.3) is 22.1 Å². The second kappa shape index (κ2) is 14.2. The molecule has 0 atom stereocenters. The molecule has 2 amide bonds. The minimum Gasteiger partial charge on any atom is -0.497 e. The summed E-state index contributed by atoms with van der Waals surface area (Å²) in [5.74, 6) is 1.75. The third-order valence-corrected chi connectivity index (χ3v) is 9.30. The number of hydrogen-bond acceptors (Lipinski definition) is 8. The average Bonchev–Trinajstić information content (AvgIpc) is 3.68. The Hall–Kier alpha value is -4.94. The number of carbonyl (C=O) groups is 2. The highest BCUT2D eigenvalue weighted by Crippen LogP contribution is 2.26. The summed E-state index contributed by atoms with van der Waals surface area (Å²) in [5.41, 5.74) is 9.17. The van der Waals surface area contributed by atoms with Gasteiger partial charge in [-0.2, -0.15) is 0 Å². The number of aromatic nitrogens is 4. The van der Waals surface area contributed by atoms with Crippen LogP contribution in [0.1, 0.15) is 22.3 Å². The summed E-state index contributed by atoms with van der Waals surface area (Å²) in [5, 5.41) is 7.39. The SMILES string of the molecule is COc1ccc2nc(SCC(=O)Nc3ccc(Cc4ccc(NC(=O)CSc5nc6ccc(OC)cc6[nH]5)c(C)c4)cc3C)[nH]c2c1. The van der Waals surface area contributed by atoms with Crippen LogP contribution in [-0.2, 0) is 16.0 Å². The maximum atomic E-state index is 12.7. The van der Waals surface area contributed by atoms with Gasteiger partial charge in [0.25, 0.3) is 0 Å². The van der Waals surface area contributed by atoms with Crippen LogP contribution in [0.2, 0.25) is 0 Å². The number of benzene rings is 4. The normalized spacial score (nSPS) is 11.1. The molecule has 0 saturated heterocycles. The van der Waals surface area contributed by atoms with Crippen molar-refractivity contribution in [1.82, 2.24) is 19.9 Å². The summed E-state index contributed by atoms with van der Waals surface area (Å²) in [7, 11) is 3.25. The highest BCUT2D eigenvalue weighted by molar-refractivity contribution is 8.00. The number of anilines is 2. The highest BCUT2D eigenvalue weighted by atomic mass is 32.2. The van der Waals surface area contributed by atoms with Gasteiger partial charge >= 0.3 is 0 Å². The minimum atomic E-state index is -0.103. The summed E-state index contributed by atoms with van der Waals surface area (Å²) in [4.78, 5) is 41.0. The molecule has 47 heavy (non-hydrogen) atoms. The zero-order chi connectivity index (χ0) is 32.9. The third-order valence-electron chi connectivity index (χ3n) is 7.55. The van der Waals surface area contributed by atoms with E-state index in [0.717, 1.165) is 73.6 Å². The number of fused-ring (bicyclic) bond motifs is 2. The number of H-pyrrole nitrogens is 2. The van der Waals surface area contributed by atoms with E-state index in [1.54, 1.807) is 14.2 Å². The van der Waals surface area contributed by atoms with Crippen LogP contribution in [0.5, 0.6) is 11.5 Å². The van der Waals surface area contributed by atoms with Crippen LogP contribution in [0.4, 0.5) is 11.4 Å². The van der Waals surface area contributed by atoms with Gasteiger partial charge in [0, 0.05) is 23.5 Å². The number of aryl methyl sites for hydroxylation is 2. The smallest absolute Gasteiger partial charge is 0.234 e. The van der Waals surface area contributed by atoms with E-state index in [2.05, 4.69) is 42.7 Å².